The molecule has 1 aliphatic rings. The number of nitrogens with one attached hydrogen (secondary N) is 2. The molecule has 1 saturated carbocycles. The number of imidazole rings is 1. The molecule has 2 amide bonds. The molecule has 2 aromatic carbocycles. The van der Waals surface area contributed by atoms with Crippen molar-refractivity contribution in [3.05, 3.63) is 78.4 Å². The first-order chi connectivity index (χ1) is 13.7. The first-order valence-electron chi connectivity index (χ1n) is 9.47. The maximum atomic E-state index is 12.5. The van der Waals surface area contributed by atoms with E-state index in [-0.39, 0.29) is 12.1 Å². The van der Waals surface area contributed by atoms with Gasteiger partial charge in [-0.15, -0.1) is 0 Å². The number of hydrogen-bond donors (Lipinski definition) is 2. The van der Waals surface area contributed by atoms with Crippen molar-refractivity contribution < 1.29 is 9.53 Å². The lowest BCUT2D eigenvalue weighted by molar-refractivity contribution is 0.247. The topological polar surface area (TPSA) is 68.2 Å². The largest absolute Gasteiger partial charge is 0.497 e. The fraction of sp³-hybridized carbons (Fsp3) is 0.273. The summed E-state index contributed by atoms with van der Waals surface area (Å²) in [6.07, 6.45) is 7.76. The molecule has 0 aliphatic heterocycles. The van der Waals surface area contributed by atoms with Crippen molar-refractivity contribution in [2.24, 2.45) is 5.92 Å². The van der Waals surface area contributed by atoms with Crippen molar-refractivity contribution >= 4 is 11.7 Å². The Morgan fingerprint density at radius 1 is 1.18 bits per heavy atom. The van der Waals surface area contributed by atoms with Crippen LogP contribution in [0.15, 0.2) is 67.3 Å². The van der Waals surface area contributed by atoms with Crippen LogP contribution in [0.4, 0.5) is 10.5 Å². The molecule has 1 atom stereocenters. The zero-order chi connectivity index (χ0) is 19.3. The highest BCUT2D eigenvalue weighted by Gasteiger charge is 2.33. The number of urea groups is 1. The molecule has 1 heterocycles. The first-order valence-corrected chi connectivity index (χ1v) is 9.47. The molecule has 0 radical (unpaired) electrons. The van der Waals surface area contributed by atoms with Crippen LogP contribution in [0.5, 0.6) is 5.75 Å². The number of aromatic nitrogens is 2. The van der Waals surface area contributed by atoms with Crippen molar-refractivity contribution in [1.82, 2.24) is 14.9 Å². The Morgan fingerprint density at radius 3 is 2.54 bits per heavy atom. The smallest absolute Gasteiger partial charge is 0.319 e. The lowest BCUT2D eigenvalue weighted by atomic mass is 10.0. The summed E-state index contributed by atoms with van der Waals surface area (Å²) in [5.41, 5.74) is 3.03. The highest BCUT2D eigenvalue weighted by Crippen LogP contribution is 2.41. The van der Waals surface area contributed by atoms with Crippen LogP contribution < -0.4 is 15.4 Å². The number of anilines is 1. The number of methoxy groups -OCH3 is 1. The van der Waals surface area contributed by atoms with Crippen molar-refractivity contribution in [2.45, 2.75) is 25.4 Å². The number of carbonyl (C=O) groups is 1. The van der Waals surface area contributed by atoms with Gasteiger partial charge in [0.2, 0.25) is 0 Å². The fourth-order valence-corrected chi connectivity index (χ4v) is 3.31. The Kier molecular flexibility index (Phi) is 5.28. The van der Waals surface area contributed by atoms with E-state index in [1.807, 2.05) is 59.3 Å². The predicted octanol–water partition coefficient (Wildman–Crippen LogP) is 4.21. The summed E-state index contributed by atoms with van der Waals surface area (Å²) in [5, 5.41) is 6.07. The van der Waals surface area contributed by atoms with Gasteiger partial charge in [0.15, 0.2) is 0 Å². The zero-order valence-corrected chi connectivity index (χ0v) is 15.8. The maximum absolute atomic E-state index is 12.5. The first kappa shape index (κ1) is 18.1. The molecule has 6 heteroatoms. The number of hydrogen-bond acceptors (Lipinski definition) is 3. The van der Waals surface area contributed by atoms with E-state index in [2.05, 4.69) is 15.6 Å². The lowest BCUT2D eigenvalue weighted by Gasteiger charge is -2.19. The van der Waals surface area contributed by atoms with Gasteiger partial charge in [-0.05, 0) is 54.2 Å². The van der Waals surface area contributed by atoms with E-state index < -0.39 is 0 Å². The summed E-state index contributed by atoms with van der Waals surface area (Å²) < 4.78 is 7.23. The Morgan fingerprint density at radius 2 is 1.93 bits per heavy atom. The second-order valence-corrected chi connectivity index (χ2v) is 7.12. The average Bonchev–Trinajstić information content (AvgIpc) is 3.44. The van der Waals surface area contributed by atoms with Gasteiger partial charge in [-0.3, -0.25) is 0 Å². The SMILES string of the molecule is COc1ccc(C(NC(=O)Nc2ccc(Cn3ccnc3)cc2)C2CC2)cc1. The van der Waals surface area contributed by atoms with Crippen LogP contribution in [-0.4, -0.2) is 22.7 Å². The minimum Gasteiger partial charge on any atom is -0.497 e. The normalized spacial score (nSPS) is 14.3. The Bertz CT molecular complexity index is 901. The van der Waals surface area contributed by atoms with Crippen LogP contribution in [0.25, 0.3) is 0 Å². The summed E-state index contributed by atoms with van der Waals surface area (Å²) in [7, 11) is 1.65. The van der Waals surface area contributed by atoms with Crippen molar-refractivity contribution in [2.75, 3.05) is 12.4 Å². The number of nitrogens with zero attached hydrogens (tertiary/aromatic N) is 2. The minimum absolute atomic E-state index is 0.0198. The predicted molar refractivity (Wildman–Crippen MR) is 108 cm³/mol. The molecule has 0 saturated heterocycles. The molecular formula is C22H24N4O2. The molecule has 3 aromatic rings. The maximum Gasteiger partial charge on any atom is 0.319 e. The van der Waals surface area contributed by atoms with Gasteiger partial charge in [0.1, 0.15) is 5.75 Å². The van der Waals surface area contributed by atoms with Gasteiger partial charge in [0.25, 0.3) is 0 Å². The third kappa shape index (κ3) is 4.52. The van der Waals surface area contributed by atoms with Gasteiger partial charge in [0.05, 0.1) is 19.5 Å². The molecule has 2 N–H and O–H groups in total. The molecule has 1 aliphatic carbocycles. The molecule has 4 rings (SSSR count). The standard InChI is InChI=1S/C22H24N4O2/c1-28-20-10-6-18(7-11-20)21(17-4-5-17)25-22(27)24-19-8-2-16(3-9-19)14-26-13-12-23-15-26/h2-3,6-13,15,17,21H,4-5,14H2,1H3,(H2,24,25,27). The van der Waals surface area contributed by atoms with Crippen LogP contribution >= 0.6 is 0 Å². The van der Waals surface area contributed by atoms with E-state index in [1.165, 1.54) is 0 Å². The molecular weight excluding hydrogens is 352 g/mol. The summed E-state index contributed by atoms with van der Waals surface area (Å²) in [4.78, 5) is 16.6. The van der Waals surface area contributed by atoms with E-state index in [0.717, 1.165) is 42.0 Å². The van der Waals surface area contributed by atoms with E-state index >= 15 is 0 Å². The molecule has 1 aromatic heterocycles. The number of benzene rings is 2. The van der Waals surface area contributed by atoms with Crippen LogP contribution in [0.3, 0.4) is 0 Å². The minimum atomic E-state index is -0.185. The van der Waals surface area contributed by atoms with E-state index in [1.54, 1.807) is 19.6 Å². The van der Waals surface area contributed by atoms with Gasteiger partial charge in [-0.25, -0.2) is 9.78 Å². The number of rotatable bonds is 7. The van der Waals surface area contributed by atoms with Crippen molar-refractivity contribution in [3.63, 3.8) is 0 Å². The molecule has 6 nitrogen and oxygen atoms in total. The van der Waals surface area contributed by atoms with Gasteiger partial charge in [-0.2, -0.15) is 0 Å². The van der Waals surface area contributed by atoms with Gasteiger partial charge >= 0.3 is 6.03 Å². The molecule has 1 unspecified atom stereocenters. The third-order valence-corrected chi connectivity index (χ3v) is 4.99. The van der Waals surface area contributed by atoms with Crippen LogP contribution in [0, 0.1) is 5.92 Å². The highest BCUT2D eigenvalue weighted by molar-refractivity contribution is 5.89. The average molecular weight is 376 g/mol. The summed E-state index contributed by atoms with van der Waals surface area (Å²) in [5.74, 6) is 1.32. The fourth-order valence-electron chi connectivity index (χ4n) is 3.31. The molecule has 28 heavy (non-hydrogen) atoms. The Balaban J connectivity index is 1.36. The van der Waals surface area contributed by atoms with Crippen LogP contribution in [0.2, 0.25) is 0 Å². The second kappa shape index (κ2) is 8.17. The van der Waals surface area contributed by atoms with Gasteiger partial charge in [-0.1, -0.05) is 24.3 Å². The second-order valence-electron chi connectivity index (χ2n) is 7.12. The highest BCUT2D eigenvalue weighted by atomic mass is 16.5. The van der Waals surface area contributed by atoms with Crippen molar-refractivity contribution in [1.29, 1.82) is 0 Å². The van der Waals surface area contributed by atoms with Crippen LogP contribution in [-0.2, 0) is 6.54 Å². The summed E-state index contributed by atoms with van der Waals surface area (Å²) in [6, 6.07) is 15.6. The zero-order valence-electron chi connectivity index (χ0n) is 15.8. The Hall–Kier alpha value is -3.28. The van der Waals surface area contributed by atoms with E-state index in [0.29, 0.717) is 5.92 Å². The number of carbonyl (C=O) groups excluding carboxylic acids is 1. The number of ether oxygens (including phenoxy) is 1. The lowest BCUT2D eigenvalue weighted by Crippen LogP contribution is -2.33. The molecule has 1 fully saturated rings. The quantitative estimate of drug-likeness (QED) is 0.649. The number of amides is 2. The summed E-state index contributed by atoms with van der Waals surface area (Å²) in [6.45, 7) is 0.758. The van der Waals surface area contributed by atoms with Crippen molar-refractivity contribution in [3.8, 4) is 5.75 Å². The van der Waals surface area contributed by atoms with E-state index in [4.69, 9.17) is 4.74 Å². The van der Waals surface area contributed by atoms with Crippen LogP contribution in [0.1, 0.15) is 30.0 Å². The summed E-state index contributed by atoms with van der Waals surface area (Å²) >= 11 is 0. The third-order valence-electron chi connectivity index (χ3n) is 4.99. The molecule has 0 spiro atoms. The van der Waals surface area contributed by atoms with E-state index in [9.17, 15) is 4.79 Å². The molecule has 0 bridgehead atoms. The van der Waals surface area contributed by atoms with Gasteiger partial charge < -0.3 is 19.9 Å². The monoisotopic (exact) mass is 376 g/mol. The Labute approximate surface area is 164 Å². The molecule has 144 valence electrons. The van der Waals surface area contributed by atoms with Gasteiger partial charge in [0, 0.05) is 24.6 Å².